The van der Waals surface area contributed by atoms with Crippen molar-refractivity contribution in [3.05, 3.63) is 56.8 Å². The van der Waals surface area contributed by atoms with Crippen molar-refractivity contribution >= 4 is 40.4 Å². The summed E-state index contributed by atoms with van der Waals surface area (Å²) < 4.78 is 21.4. The summed E-state index contributed by atoms with van der Waals surface area (Å²) in [5.41, 5.74) is 0.262. The summed E-state index contributed by atoms with van der Waals surface area (Å²) in [6, 6.07) is 1.46. The Labute approximate surface area is 215 Å². The van der Waals surface area contributed by atoms with Gasteiger partial charge in [-0.2, -0.15) is 4.98 Å². The number of amides is 1. The molecule has 10 nitrogen and oxygen atoms in total. The van der Waals surface area contributed by atoms with E-state index in [0.29, 0.717) is 37.3 Å². The van der Waals surface area contributed by atoms with Gasteiger partial charge in [0.2, 0.25) is 6.41 Å². The average Bonchev–Trinajstić information content (AvgIpc) is 3.61. The van der Waals surface area contributed by atoms with Crippen LogP contribution in [0.5, 0.6) is 0 Å². The van der Waals surface area contributed by atoms with Crippen LogP contribution >= 0.6 is 11.6 Å². The van der Waals surface area contributed by atoms with Crippen LogP contribution in [0.3, 0.4) is 0 Å². The Morgan fingerprint density at radius 3 is 2.76 bits per heavy atom. The first-order chi connectivity index (χ1) is 17.9. The van der Waals surface area contributed by atoms with E-state index in [1.165, 1.54) is 16.9 Å². The summed E-state index contributed by atoms with van der Waals surface area (Å²) in [4.78, 5) is 37.6. The highest BCUT2D eigenvalue weighted by molar-refractivity contribution is 6.33. The lowest BCUT2D eigenvalue weighted by atomic mass is 10.00. The standard InChI is InChI=1S/C25H24ClFN6O4/c1-13-10-31(12-34)7-8-32(13)22-15-9-17(26)21(20-18(27)3-2-4-19(20)35)28-23(15)33(25(36)29-22)24-16(11-37-30-24)14-5-6-14/h3,9,11-14,35H,2,4-8,10H2,1H3. The van der Waals surface area contributed by atoms with Crippen molar-refractivity contribution < 1.29 is 18.8 Å². The summed E-state index contributed by atoms with van der Waals surface area (Å²) in [6.07, 6.45) is 6.21. The smallest absolute Gasteiger partial charge is 0.357 e. The van der Waals surface area contributed by atoms with Gasteiger partial charge in [0.1, 0.15) is 23.7 Å². The molecule has 192 valence electrons. The predicted octanol–water partition coefficient (Wildman–Crippen LogP) is 3.88. The van der Waals surface area contributed by atoms with Crippen molar-refractivity contribution in [2.75, 3.05) is 24.5 Å². The number of aliphatic hydroxyl groups excluding tert-OH is 1. The Kier molecular flexibility index (Phi) is 5.74. The Hall–Kier alpha value is -3.73. The van der Waals surface area contributed by atoms with Crippen LogP contribution < -0.4 is 10.6 Å². The van der Waals surface area contributed by atoms with E-state index in [9.17, 15) is 19.1 Å². The Bertz CT molecular complexity index is 1540. The first kappa shape index (κ1) is 23.7. The number of carbonyl (C=O) groups is 1. The largest absolute Gasteiger partial charge is 0.511 e. The van der Waals surface area contributed by atoms with Crippen LogP contribution in [0.25, 0.3) is 22.4 Å². The van der Waals surface area contributed by atoms with Gasteiger partial charge in [-0.15, -0.1) is 0 Å². The average molecular weight is 527 g/mol. The van der Waals surface area contributed by atoms with E-state index in [0.717, 1.165) is 24.8 Å². The minimum absolute atomic E-state index is 0.0284. The number of aliphatic hydroxyl groups is 1. The van der Waals surface area contributed by atoms with E-state index < -0.39 is 11.5 Å². The number of pyridine rings is 1. The lowest BCUT2D eigenvalue weighted by Crippen LogP contribution is -2.52. The van der Waals surface area contributed by atoms with Crippen LogP contribution in [0.4, 0.5) is 10.2 Å². The third-order valence-electron chi connectivity index (χ3n) is 7.16. The number of aromatic nitrogens is 4. The predicted molar refractivity (Wildman–Crippen MR) is 135 cm³/mol. The van der Waals surface area contributed by atoms with Crippen LogP contribution in [0.2, 0.25) is 5.02 Å². The van der Waals surface area contributed by atoms with E-state index in [1.807, 2.05) is 11.8 Å². The molecule has 0 radical (unpaired) electrons. The molecule has 6 rings (SSSR count). The van der Waals surface area contributed by atoms with E-state index in [-0.39, 0.29) is 51.9 Å². The van der Waals surface area contributed by atoms with E-state index >= 15 is 0 Å². The van der Waals surface area contributed by atoms with Crippen LogP contribution in [0.1, 0.15) is 49.8 Å². The van der Waals surface area contributed by atoms with Gasteiger partial charge in [0, 0.05) is 37.7 Å². The number of hydrogen-bond acceptors (Lipinski definition) is 8. The molecule has 2 aliphatic carbocycles. The third kappa shape index (κ3) is 3.97. The maximum Gasteiger partial charge on any atom is 0.357 e. The van der Waals surface area contributed by atoms with Crippen molar-refractivity contribution in [2.24, 2.45) is 0 Å². The monoisotopic (exact) mass is 526 g/mol. The number of halogens is 2. The molecule has 1 N–H and O–H groups in total. The van der Waals surface area contributed by atoms with Gasteiger partial charge in [0.05, 0.1) is 21.7 Å². The molecule has 37 heavy (non-hydrogen) atoms. The maximum atomic E-state index is 14.9. The fraction of sp³-hybridized carbons (Fsp3) is 0.400. The van der Waals surface area contributed by atoms with Crippen molar-refractivity contribution in [1.29, 1.82) is 0 Å². The Morgan fingerprint density at radius 2 is 2.05 bits per heavy atom. The summed E-state index contributed by atoms with van der Waals surface area (Å²) in [5, 5.41) is 15.2. The summed E-state index contributed by atoms with van der Waals surface area (Å²) >= 11 is 6.64. The van der Waals surface area contributed by atoms with E-state index in [4.69, 9.17) is 16.1 Å². The van der Waals surface area contributed by atoms with Gasteiger partial charge in [0.25, 0.3) is 0 Å². The SMILES string of the molecule is CC1CN(C=O)CCN1c1nc(=O)n(-c2nocc2C2CC2)c2nc(C3=C(O)CCC=C3F)c(Cl)cc12. The second-order valence-electron chi connectivity index (χ2n) is 9.67. The molecule has 1 aliphatic heterocycles. The number of anilines is 1. The Morgan fingerprint density at radius 1 is 1.24 bits per heavy atom. The van der Waals surface area contributed by atoms with Gasteiger partial charge in [-0.3, -0.25) is 4.79 Å². The number of rotatable bonds is 5. The lowest BCUT2D eigenvalue weighted by molar-refractivity contribution is -0.118. The molecule has 0 bridgehead atoms. The molecular formula is C25H24ClFN6O4. The molecule has 3 aromatic heterocycles. The fourth-order valence-electron chi connectivity index (χ4n) is 5.12. The highest BCUT2D eigenvalue weighted by atomic mass is 35.5. The number of allylic oxidation sites excluding steroid dienone is 4. The lowest BCUT2D eigenvalue weighted by Gasteiger charge is -2.39. The van der Waals surface area contributed by atoms with E-state index in [1.54, 1.807) is 11.0 Å². The molecule has 0 aromatic carbocycles. The molecule has 12 heteroatoms. The second-order valence-corrected chi connectivity index (χ2v) is 10.1. The van der Waals surface area contributed by atoms with Crippen LogP contribution in [-0.4, -0.2) is 61.8 Å². The number of piperazine rings is 1. The van der Waals surface area contributed by atoms with Gasteiger partial charge in [-0.05, 0) is 44.2 Å². The minimum atomic E-state index is -0.626. The van der Waals surface area contributed by atoms with Gasteiger partial charge in [0.15, 0.2) is 11.5 Å². The van der Waals surface area contributed by atoms with Gasteiger partial charge < -0.3 is 19.4 Å². The summed E-state index contributed by atoms with van der Waals surface area (Å²) in [6.45, 7) is 3.31. The van der Waals surface area contributed by atoms with Crippen molar-refractivity contribution in [3.8, 4) is 5.82 Å². The molecule has 1 atom stereocenters. The molecule has 1 saturated heterocycles. The van der Waals surface area contributed by atoms with Crippen molar-refractivity contribution in [3.63, 3.8) is 0 Å². The van der Waals surface area contributed by atoms with Crippen LogP contribution in [0.15, 0.2) is 39.3 Å². The highest BCUT2D eigenvalue weighted by Crippen LogP contribution is 2.43. The number of hydrogen-bond donors (Lipinski definition) is 1. The molecule has 2 fully saturated rings. The molecule has 1 saturated carbocycles. The van der Waals surface area contributed by atoms with Gasteiger partial charge in [-0.1, -0.05) is 16.8 Å². The van der Waals surface area contributed by atoms with E-state index in [2.05, 4.69) is 15.1 Å². The van der Waals surface area contributed by atoms with Crippen molar-refractivity contribution in [1.82, 2.24) is 24.6 Å². The zero-order valence-electron chi connectivity index (χ0n) is 20.0. The first-order valence-electron chi connectivity index (χ1n) is 12.2. The number of carbonyl (C=O) groups excluding carboxylic acids is 1. The van der Waals surface area contributed by atoms with Crippen LogP contribution in [-0.2, 0) is 4.79 Å². The van der Waals surface area contributed by atoms with Crippen molar-refractivity contribution in [2.45, 2.75) is 44.6 Å². The zero-order chi connectivity index (χ0) is 25.8. The molecule has 1 amide bonds. The zero-order valence-corrected chi connectivity index (χ0v) is 20.8. The second kappa shape index (κ2) is 8.98. The fourth-order valence-corrected chi connectivity index (χ4v) is 5.36. The summed E-state index contributed by atoms with van der Waals surface area (Å²) in [5.74, 6) is 0.0881. The molecule has 4 heterocycles. The molecule has 3 aliphatic rings. The topological polar surface area (TPSA) is 118 Å². The number of fused-ring (bicyclic) bond motifs is 1. The van der Waals surface area contributed by atoms with Gasteiger partial charge in [-0.25, -0.2) is 18.7 Å². The maximum absolute atomic E-state index is 14.9. The molecule has 0 spiro atoms. The number of nitrogens with zero attached hydrogens (tertiary/aromatic N) is 6. The third-order valence-corrected chi connectivity index (χ3v) is 7.44. The minimum Gasteiger partial charge on any atom is -0.511 e. The molecular weight excluding hydrogens is 503 g/mol. The normalized spacial score (nSPS) is 20.5. The molecule has 1 unspecified atom stereocenters. The van der Waals surface area contributed by atoms with Gasteiger partial charge >= 0.3 is 5.69 Å². The Balaban J connectivity index is 1.62. The quantitative estimate of drug-likeness (QED) is 0.498. The summed E-state index contributed by atoms with van der Waals surface area (Å²) in [7, 11) is 0. The molecule has 3 aromatic rings. The highest BCUT2D eigenvalue weighted by Gasteiger charge is 2.33. The first-order valence-corrected chi connectivity index (χ1v) is 12.6. The van der Waals surface area contributed by atoms with Crippen LogP contribution in [0, 0.1) is 0 Å².